The summed E-state index contributed by atoms with van der Waals surface area (Å²) in [6.07, 6.45) is -0.880. The van der Waals surface area contributed by atoms with Crippen molar-refractivity contribution in [2.24, 2.45) is 0 Å². The Morgan fingerprint density at radius 1 is 1.75 bits per heavy atom. The van der Waals surface area contributed by atoms with Crippen LogP contribution in [0.2, 0.25) is 0 Å². The molecule has 0 rings (SSSR count). The van der Waals surface area contributed by atoms with Gasteiger partial charge in [-0.2, -0.15) is 0 Å². The van der Waals surface area contributed by atoms with Crippen LogP contribution in [0.15, 0.2) is 12.2 Å². The highest BCUT2D eigenvalue weighted by Crippen LogP contribution is 2.03. The highest BCUT2D eigenvalue weighted by molar-refractivity contribution is 5.88. The SMILES string of the molecule is C=C(C[C@H](O)C=O)C(=O)OCC. The predicted octanol–water partition coefficient (Wildman–Crippen LogP) is 0.0556. The fourth-order valence-corrected chi connectivity index (χ4v) is 0.617. The van der Waals surface area contributed by atoms with Gasteiger partial charge in [-0.05, 0) is 6.92 Å². The van der Waals surface area contributed by atoms with Crippen molar-refractivity contribution >= 4 is 12.3 Å². The number of ether oxygens (including phenoxy) is 1. The van der Waals surface area contributed by atoms with E-state index < -0.39 is 12.1 Å². The van der Waals surface area contributed by atoms with E-state index in [1.165, 1.54) is 0 Å². The number of hydrogen-bond donors (Lipinski definition) is 1. The average Bonchev–Trinajstić information content (AvgIpc) is 2.04. The Morgan fingerprint density at radius 3 is 2.75 bits per heavy atom. The number of rotatable bonds is 5. The number of esters is 1. The fourth-order valence-electron chi connectivity index (χ4n) is 0.617. The minimum atomic E-state index is -1.16. The zero-order valence-electron chi connectivity index (χ0n) is 6.95. The molecule has 0 unspecified atom stereocenters. The molecule has 12 heavy (non-hydrogen) atoms. The van der Waals surface area contributed by atoms with Gasteiger partial charge in [0, 0.05) is 12.0 Å². The van der Waals surface area contributed by atoms with Crippen LogP contribution in [0.4, 0.5) is 0 Å². The number of aliphatic hydroxyl groups is 1. The largest absolute Gasteiger partial charge is 0.463 e. The van der Waals surface area contributed by atoms with Crippen LogP contribution in [-0.2, 0) is 14.3 Å². The molecule has 0 aliphatic heterocycles. The Hall–Kier alpha value is -1.16. The molecule has 0 aromatic heterocycles. The molecule has 68 valence electrons. The van der Waals surface area contributed by atoms with Crippen molar-refractivity contribution in [2.75, 3.05) is 6.61 Å². The quantitative estimate of drug-likeness (QED) is 0.361. The summed E-state index contributed by atoms with van der Waals surface area (Å²) in [5.41, 5.74) is 0.108. The van der Waals surface area contributed by atoms with Gasteiger partial charge in [0.2, 0.25) is 0 Å². The number of aliphatic hydroxyl groups excluding tert-OH is 1. The van der Waals surface area contributed by atoms with Crippen molar-refractivity contribution in [2.45, 2.75) is 19.4 Å². The molecule has 0 aromatic rings. The summed E-state index contributed by atoms with van der Waals surface area (Å²) in [5.74, 6) is -0.571. The molecule has 4 nitrogen and oxygen atoms in total. The number of carbonyl (C=O) groups excluding carboxylic acids is 2. The predicted molar refractivity (Wildman–Crippen MR) is 42.5 cm³/mol. The lowest BCUT2D eigenvalue weighted by Gasteiger charge is -2.05. The summed E-state index contributed by atoms with van der Waals surface area (Å²) in [4.78, 5) is 20.8. The zero-order valence-corrected chi connectivity index (χ0v) is 6.95. The van der Waals surface area contributed by atoms with E-state index in [0.29, 0.717) is 6.29 Å². The molecular formula is C8H12O4. The lowest BCUT2D eigenvalue weighted by Crippen LogP contribution is -2.15. The van der Waals surface area contributed by atoms with Crippen LogP contribution in [0, 0.1) is 0 Å². The van der Waals surface area contributed by atoms with Gasteiger partial charge in [-0.1, -0.05) is 6.58 Å². The topological polar surface area (TPSA) is 63.6 Å². The van der Waals surface area contributed by atoms with Crippen molar-refractivity contribution in [3.63, 3.8) is 0 Å². The first-order valence-electron chi connectivity index (χ1n) is 3.60. The van der Waals surface area contributed by atoms with Crippen LogP contribution in [0.1, 0.15) is 13.3 Å². The molecule has 0 aromatic carbocycles. The van der Waals surface area contributed by atoms with Gasteiger partial charge in [-0.15, -0.1) is 0 Å². The molecule has 0 spiro atoms. The van der Waals surface area contributed by atoms with Crippen LogP contribution < -0.4 is 0 Å². The molecular weight excluding hydrogens is 160 g/mol. The van der Waals surface area contributed by atoms with Crippen LogP contribution in [0.25, 0.3) is 0 Å². The molecule has 0 amide bonds. The summed E-state index contributed by atoms with van der Waals surface area (Å²) >= 11 is 0. The summed E-state index contributed by atoms with van der Waals surface area (Å²) < 4.78 is 4.58. The van der Waals surface area contributed by atoms with E-state index in [-0.39, 0.29) is 18.6 Å². The third-order valence-corrected chi connectivity index (χ3v) is 1.18. The van der Waals surface area contributed by atoms with Gasteiger partial charge in [-0.25, -0.2) is 4.79 Å². The second-order valence-corrected chi connectivity index (χ2v) is 2.23. The van der Waals surface area contributed by atoms with Gasteiger partial charge >= 0.3 is 5.97 Å². The fraction of sp³-hybridized carbons (Fsp3) is 0.500. The van der Waals surface area contributed by atoms with Gasteiger partial charge in [0.15, 0.2) is 0 Å². The summed E-state index contributed by atoms with van der Waals surface area (Å²) in [7, 11) is 0. The smallest absolute Gasteiger partial charge is 0.333 e. The van der Waals surface area contributed by atoms with Crippen LogP contribution in [0.3, 0.4) is 0 Å². The molecule has 0 bridgehead atoms. The maximum Gasteiger partial charge on any atom is 0.333 e. The molecule has 4 heteroatoms. The lowest BCUT2D eigenvalue weighted by molar-refractivity contribution is -0.138. The van der Waals surface area contributed by atoms with E-state index in [4.69, 9.17) is 5.11 Å². The summed E-state index contributed by atoms with van der Waals surface area (Å²) in [6.45, 7) is 5.29. The van der Waals surface area contributed by atoms with Crippen molar-refractivity contribution in [3.05, 3.63) is 12.2 Å². The number of carbonyl (C=O) groups is 2. The molecule has 0 heterocycles. The van der Waals surface area contributed by atoms with Crippen molar-refractivity contribution in [1.29, 1.82) is 0 Å². The first-order valence-corrected chi connectivity index (χ1v) is 3.60. The zero-order chi connectivity index (χ0) is 9.56. The molecule has 0 aliphatic carbocycles. The van der Waals surface area contributed by atoms with Crippen molar-refractivity contribution in [1.82, 2.24) is 0 Å². The first kappa shape index (κ1) is 10.8. The van der Waals surface area contributed by atoms with Gasteiger partial charge in [-0.3, -0.25) is 0 Å². The monoisotopic (exact) mass is 172 g/mol. The van der Waals surface area contributed by atoms with E-state index in [0.717, 1.165) is 0 Å². The minimum absolute atomic E-state index is 0.0671. The maximum absolute atomic E-state index is 10.8. The summed E-state index contributed by atoms with van der Waals surface area (Å²) in [6, 6.07) is 0. The first-order chi connectivity index (χ1) is 5.61. The normalized spacial score (nSPS) is 11.8. The van der Waals surface area contributed by atoms with Gasteiger partial charge < -0.3 is 14.6 Å². The van der Waals surface area contributed by atoms with Gasteiger partial charge in [0.1, 0.15) is 12.4 Å². The second-order valence-electron chi connectivity index (χ2n) is 2.23. The standard InChI is InChI=1S/C8H12O4/c1-3-12-8(11)6(2)4-7(10)5-9/h5,7,10H,2-4H2,1H3/t7-/m0/s1. The van der Waals surface area contributed by atoms with Crippen LogP contribution in [-0.4, -0.2) is 30.1 Å². The molecule has 0 fully saturated rings. The van der Waals surface area contributed by atoms with Crippen molar-refractivity contribution in [3.8, 4) is 0 Å². The van der Waals surface area contributed by atoms with Gasteiger partial charge in [0.05, 0.1) is 6.61 Å². The Balaban J connectivity index is 3.86. The Labute approximate surface area is 70.8 Å². The van der Waals surface area contributed by atoms with Crippen LogP contribution >= 0.6 is 0 Å². The molecule has 0 saturated heterocycles. The van der Waals surface area contributed by atoms with E-state index in [9.17, 15) is 9.59 Å². The van der Waals surface area contributed by atoms with Crippen LogP contribution in [0.5, 0.6) is 0 Å². The summed E-state index contributed by atoms with van der Waals surface area (Å²) in [5, 5.41) is 8.81. The molecule has 1 atom stereocenters. The Morgan fingerprint density at radius 2 is 2.33 bits per heavy atom. The molecule has 0 aliphatic rings. The Kier molecular flexibility index (Phi) is 4.96. The van der Waals surface area contributed by atoms with E-state index in [1.54, 1.807) is 6.92 Å². The molecule has 0 saturated carbocycles. The Bertz CT molecular complexity index is 185. The lowest BCUT2D eigenvalue weighted by atomic mass is 10.1. The third-order valence-electron chi connectivity index (χ3n) is 1.18. The highest BCUT2D eigenvalue weighted by Gasteiger charge is 2.11. The average molecular weight is 172 g/mol. The van der Waals surface area contributed by atoms with Gasteiger partial charge in [0.25, 0.3) is 0 Å². The third kappa shape index (κ3) is 3.88. The molecule has 0 radical (unpaired) electrons. The number of hydrogen-bond acceptors (Lipinski definition) is 4. The minimum Gasteiger partial charge on any atom is -0.463 e. The second kappa shape index (κ2) is 5.49. The van der Waals surface area contributed by atoms with E-state index >= 15 is 0 Å². The number of aldehydes is 1. The van der Waals surface area contributed by atoms with Crippen molar-refractivity contribution < 1.29 is 19.4 Å². The van der Waals surface area contributed by atoms with E-state index in [1.807, 2.05) is 0 Å². The molecule has 1 N–H and O–H groups in total. The van der Waals surface area contributed by atoms with E-state index in [2.05, 4.69) is 11.3 Å². The maximum atomic E-state index is 10.8. The highest BCUT2D eigenvalue weighted by atomic mass is 16.5.